The van der Waals surface area contributed by atoms with E-state index in [1.807, 2.05) is 30.3 Å². The predicted molar refractivity (Wildman–Crippen MR) is 79.4 cm³/mol. The number of halogens is 2. The number of quaternary nitrogens is 1. The average Bonchev–Trinajstić information content (AvgIpc) is 2.40. The first-order valence-corrected chi connectivity index (χ1v) is 6.92. The topological polar surface area (TPSA) is 46.1 Å². The van der Waals surface area contributed by atoms with Crippen LogP contribution in [-0.4, -0.2) is 12.1 Å². The Morgan fingerprint density at radius 3 is 1.91 bits per heavy atom. The SMILES string of the molecule is CC1(C)CCC[N+]([O-])(c2ccccc2)C1(C)C.[Br-].[Na+].[Na+].[O-]Cl. The van der Waals surface area contributed by atoms with Crippen molar-refractivity contribution in [1.82, 2.24) is 4.65 Å². The van der Waals surface area contributed by atoms with Gasteiger partial charge in [-0.2, -0.15) is 0 Å². The molecule has 1 heterocycles. The fourth-order valence-electron chi connectivity index (χ4n) is 2.94. The molecule has 1 aliphatic rings. The van der Waals surface area contributed by atoms with Crippen LogP contribution in [0.15, 0.2) is 30.3 Å². The first-order chi connectivity index (χ1) is 8.81. The largest absolute Gasteiger partial charge is 1.00 e. The van der Waals surface area contributed by atoms with Gasteiger partial charge in [0.15, 0.2) is 0 Å². The summed E-state index contributed by atoms with van der Waals surface area (Å²) in [6, 6.07) is 9.83. The van der Waals surface area contributed by atoms with Crippen LogP contribution in [-0.2, 0) is 0 Å². The molecule has 0 radical (unpaired) electrons. The van der Waals surface area contributed by atoms with E-state index in [2.05, 4.69) is 39.6 Å². The van der Waals surface area contributed by atoms with Gasteiger partial charge in [-0.15, -0.1) is 0 Å². The molecule has 0 amide bonds. The maximum absolute atomic E-state index is 13.3. The van der Waals surface area contributed by atoms with Gasteiger partial charge in [-0.1, -0.05) is 32.0 Å². The molecule has 1 unspecified atom stereocenters. The Labute approximate surface area is 194 Å². The van der Waals surface area contributed by atoms with Crippen LogP contribution >= 0.6 is 11.9 Å². The van der Waals surface area contributed by atoms with Crippen LogP contribution in [0, 0.1) is 10.6 Å². The maximum atomic E-state index is 13.3. The van der Waals surface area contributed by atoms with Crippen molar-refractivity contribution in [1.29, 1.82) is 0 Å². The molecule has 1 saturated heterocycles. The molecule has 1 aromatic carbocycles. The standard InChI is InChI=1S/C15H23NO.BrH.ClO.2Na/c1-14(2)11-8-12-16(17,15(14,3)4)13-9-6-5-7-10-13;;1-2;;/h5-7,9-10H,8,11-12H2,1-4H3;1H;;;/q;;-1;2*+1/p-1. The van der Waals surface area contributed by atoms with Crippen molar-refractivity contribution in [3.8, 4) is 0 Å². The molecule has 0 aliphatic carbocycles. The molecule has 0 spiro atoms. The third kappa shape index (κ3) is 5.43. The van der Waals surface area contributed by atoms with Gasteiger partial charge < -0.3 is 31.5 Å². The molecule has 0 bridgehead atoms. The molecular weight excluding hydrogens is 388 g/mol. The quantitative estimate of drug-likeness (QED) is 0.264. The molecule has 7 heteroatoms. The number of para-hydroxylation sites is 1. The number of hydrogen-bond donors (Lipinski definition) is 0. The van der Waals surface area contributed by atoms with Gasteiger partial charge in [-0.3, -0.25) is 0 Å². The molecule has 2 rings (SSSR count). The van der Waals surface area contributed by atoms with E-state index in [9.17, 15) is 5.21 Å². The molecule has 3 nitrogen and oxygen atoms in total. The fourth-order valence-corrected chi connectivity index (χ4v) is 2.94. The molecule has 1 fully saturated rings. The van der Waals surface area contributed by atoms with Crippen LogP contribution in [0.4, 0.5) is 5.69 Å². The molecule has 0 N–H and O–H groups in total. The Balaban J connectivity index is -0.000000693. The normalized spacial score (nSPS) is 24.3. The summed E-state index contributed by atoms with van der Waals surface area (Å²) in [7, 11) is 0. The Morgan fingerprint density at radius 2 is 1.45 bits per heavy atom. The van der Waals surface area contributed by atoms with Gasteiger partial charge in [-0.25, -0.2) is 11.9 Å². The molecule has 1 aromatic rings. The minimum atomic E-state index is -0.285. The second-order valence-corrected chi connectivity index (χ2v) is 6.35. The summed E-state index contributed by atoms with van der Waals surface area (Å²) in [5.74, 6) is 0. The Kier molecular flexibility index (Phi) is 15.0. The van der Waals surface area contributed by atoms with E-state index in [-0.39, 0.29) is 91.7 Å². The number of rotatable bonds is 1. The van der Waals surface area contributed by atoms with Crippen LogP contribution in [0.1, 0.15) is 40.5 Å². The summed E-state index contributed by atoms with van der Waals surface area (Å²) in [6.45, 7) is 9.37. The van der Waals surface area contributed by atoms with Gasteiger partial charge in [0.05, 0.1) is 6.54 Å². The van der Waals surface area contributed by atoms with E-state index in [0.29, 0.717) is 6.54 Å². The van der Waals surface area contributed by atoms with Crippen LogP contribution in [0.2, 0.25) is 0 Å². The van der Waals surface area contributed by atoms with Crippen LogP contribution in [0.25, 0.3) is 0 Å². The third-order valence-electron chi connectivity index (χ3n) is 5.01. The summed E-state index contributed by atoms with van der Waals surface area (Å²) >= 11 is 3.39. The van der Waals surface area contributed by atoms with Crippen molar-refractivity contribution in [2.45, 2.75) is 46.1 Å². The van der Waals surface area contributed by atoms with Gasteiger partial charge in [0, 0.05) is 5.41 Å². The summed E-state index contributed by atoms with van der Waals surface area (Å²) in [5, 5.41) is 13.3. The van der Waals surface area contributed by atoms with Gasteiger partial charge in [0.1, 0.15) is 11.2 Å². The zero-order valence-electron chi connectivity index (χ0n) is 14.5. The van der Waals surface area contributed by atoms with Gasteiger partial charge in [0.25, 0.3) is 0 Å². The van der Waals surface area contributed by atoms with E-state index in [0.717, 1.165) is 18.5 Å². The summed E-state index contributed by atoms with van der Waals surface area (Å²) < 4.78 is 7.53. The number of benzene rings is 1. The zero-order valence-corrected chi connectivity index (χ0v) is 20.9. The minimum Gasteiger partial charge on any atom is -1.00 e. The Hall–Kier alpha value is 1.87. The van der Waals surface area contributed by atoms with E-state index >= 15 is 0 Å². The van der Waals surface area contributed by atoms with Crippen LogP contribution in [0.5, 0.6) is 0 Å². The predicted octanol–water partition coefficient (Wildman–Crippen LogP) is -5.40. The summed E-state index contributed by atoms with van der Waals surface area (Å²) in [5.41, 5.74) is 0.681. The molecule has 116 valence electrons. The Bertz CT molecular complexity index is 421. The van der Waals surface area contributed by atoms with Crippen LogP contribution < -0.4 is 85.4 Å². The van der Waals surface area contributed by atoms with Crippen molar-refractivity contribution in [2.75, 3.05) is 6.54 Å². The third-order valence-corrected chi connectivity index (χ3v) is 5.01. The fraction of sp³-hybridized carbons (Fsp3) is 0.600. The van der Waals surface area contributed by atoms with Gasteiger partial charge in [-0.05, 0) is 38.8 Å². The molecule has 0 aromatic heterocycles. The molecular formula is C15H23BrClNNa2O2. The second-order valence-electron chi connectivity index (χ2n) is 6.35. The van der Waals surface area contributed by atoms with Gasteiger partial charge >= 0.3 is 59.1 Å². The van der Waals surface area contributed by atoms with Crippen molar-refractivity contribution in [3.05, 3.63) is 35.5 Å². The van der Waals surface area contributed by atoms with Crippen molar-refractivity contribution in [2.24, 2.45) is 5.41 Å². The summed E-state index contributed by atoms with van der Waals surface area (Å²) in [6.07, 6.45) is 2.14. The van der Waals surface area contributed by atoms with E-state index in [1.54, 1.807) is 0 Å². The first-order valence-electron chi connectivity index (χ1n) is 6.61. The zero-order chi connectivity index (χ0) is 14.7. The van der Waals surface area contributed by atoms with E-state index in [4.69, 9.17) is 4.66 Å². The molecule has 1 atom stereocenters. The monoisotopic (exact) mass is 409 g/mol. The van der Waals surface area contributed by atoms with Gasteiger partial charge in [0.2, 0.25) is 0 Å². The maximum Gasteiger partial charge on any atom is 1.00 e. The average molecular weight is 411 g/mol. The number of hydrogen-bond acceptors (Lipinski definition) is 2. The summed E-state index contributed by atoms with van der Waals surface area (Å²) in [4.78, 5) is 0. The molecule has 1 aliphatic heterocycles. The van der Waals surface area contributed by atoms with Crippen molar-refractivity contribution in [3.63, 3.8) is 0 Å². The molecule has 22 heavy (non-hydrogen) atoms. The number of hydroxylamine groups is 2. The van der Waals surface area contributed by atoms with Crippen LogP contribution in [0.3, 0.4) is 0 Å². The van der Waals surface area contributed by atoms with Crippen molar-refractivity contribution >= 4 is 17.6 Å². The van der Waals surface area contributed by atoms with Crippen molar-refractivity contribution < 1.29 is 80.8 Å². The Morgan fingerprint density at radius 1 is 1.00 bits per heavy atom. The molecule has 0 saturated carbocycles. The minimum absolute atomic E-state index is 0. The number of piperidine rings is 1. The van der Waals surface area contributed by atoms with E-state index in [1.165, 1.54) is 0 Å². The first kappa shape index (κ1) is 28.7. The van der Waals surface area contributed by atoms with E-state index < -0.39 is 0 Å². The number of nitrogens with zero attached hydrogens (tertiary/aromatic N) is 1. The smallest absolute Gasteiger partial charge is 1.00 e. The second kappa shape index (κ2) is 11.5.